The Morgan fingerprint density at radius 3 is 2.90 bits per heavy atom. The molecule has 0 aliphatic carbocycles. The van der Waals surface area contributed by atoms with Gasteiger partial charge in [-0.15, -0.1) is 0 Å². The van der Waals surface area contributed by atoms with Gasteiger partial charge in [-0.05, 0) is 24.6 Å². The van der Waals surface area contributed by atoms with Gasteiger partial charge in [-0.3, -0.25) is 0 Å². The summed E-state index contributed by atoms with van der Waals surface area (Å²) in [5.41, 5.74) is 2.89. The number of hydrogen-bond acceptors (Lipinski definition) is 5. The first kappa shape index (κ1) is 13.4. The zero-order valence-corrected chi connectivity index (χ0v) is 12.2. The molecule has 0 saturated carbocycles. The van der Waals surface area contributed by atoms with E-state index in [1.54, 1.807) is 12.3 Å². The SMILES string of the molecule is CC1CN(C)c2ccccc2CN1c1nccc(C#N)n1. The van der Waals surface area contributed by atoms with E-state index in [-0.39, 0.29) is 6.04 Å². The first-order valence-electron chi connectivity index (χ1n) is 6.98. The van der Waals surface area contributed by atoms with E-state index < -0.39 is 0 Å². The summed E-state index contributed by atoms with van der Waals surface area (Å²) in [5, 5.41) is 9.01. The van der Waals surface area contributed by atoms with E-state index >= 15 is 0 Å². The fourth-order valence-electron chi connectivity index (χ4n) is 2.77. The zero-order valence-electron chi connectivity index (χ0n) is 12.2. The molecule has 0 bridgehead atoms. The van der Waals surface area contributed by atoms with Crippen LogP contribution >= 0.6 is 0 Å². The molecule has 2 aromatic rings. The molecule has 5 nitrogen and oxygen atoms in total. The maximum Gasteiger partial charge on any atom is 0.227 e. The average Bonchev–Trinajstić information content (AvgIpc) is 2.64. The highest BCUT2D eigenvalue weighted by Crippen LogP contribution is 2.27. The van der Waals surface area contributed by atoms with Crippen molar-refractivity contribution in [1.29, 1.82) is 5.26 Å². The Morgan fingerprint density at radius 1 is 1.29 bits per heavy atom. The highest BCUT2D eigenvalue weighted by molar-refractivity contribution is 5.56. The van der Waals surface area contributed by atoms with Crippen molar-refractivity contribution in [3.8, 4) is 6.07 Å². The topological polar surface area (TPSA) is 56.0 Å². The number of benzene rings is 1. The van der Waals surface area contributed by atoms with Gasteiger partial charge in [-0.1, -0.05) is 18.2 Å². The zero-order chi connectivity index (χ0) is 14.8. The number of likely N-dealkylation sites (N-methyl/N-ethyl adjacent to an activating group) is 1. The molecule has 0 fully saturated rings. The average molecular weight is 279 g/mol. The van der Waals surface area contributed by atoms with Gasteiger partial charge in [-0.2, -0.15) is 5.26 Å². The Kier molecular flexibility index (Phi) is 3.44. The van der Waals surface area contributed by atoms with Gasteiger partial charge in [0, 0.05) is 38.1 Å². The fourth-order valence-corrected chi connectivity index (χ4v) is 2.77. The second-order valence-corrected chi connectivity index (χ2v) is 5.34. The summed E-state index contributed by atoms with van der Waals surface area (Å²) in [6.45, 7) is 3.79. The van der Waals surface area contributed by atoms with Crippen LogP contribution in [-0.4, -0.2) is 29.6 Å². The molecular formula is C16H17N5. The number of aromatic nitrogens is 2. The number of nitrogens with zero attached hydrogens (tertiary/aromatic N) is 5. The van der Waals surface area contributed by atoms with Crippen LogP contribution in [0.5, 0.6) is 0 Å². The van der Waals surface area contributed by atoms with Crippen LogP contribution < -0.4 is 9.80 Å². The van der Waals surface area contributed by atoms with Gasteiger partial charge in [0.2, 0.25) is 5.95 Å². The van der Waals surface area contributed by atoms with Crippen molar-refractivity contribution in [3.05, 3.63) is 47.8 Å². The normalized spacial score (nSPS) is 17.9. The van der Waals surface area contributed by atoms with Crippen LogP contribution in [0.2, 0.25) is 0 Å². The van der Waals surface area contributed by atoms with Gasteiger partial charge < -0.3 is 9.80 Å². The summed E-state index contributed by atoms with van der Waals surface area (Å²) >= 11 is 0. The van der Waals surface area contributed by atoms with Gasteiger partial charge in [0.25, 0.3) is 0 Å². The lowest BCUT2D eigenvalue weighted by atomic mass is 10.1. The second kappa shape index (κ2) is 5.41. The van der Waals surface area contributed by atoms with E-state index in [1.807, 2.05) is 6.07 Å². The molecule has 106 valence electrons. The number of hydrogen-bond donors (Lipinski definition) is 0. The highest BCUT2D eigenvalue weighted by Gasteiger charge is 2.25. The monoisotopic (exact) mass is 279 g/mol. The third kappa shape index (κ3) is 2.52. The molecule has 2 heterocycles. The van der Waals surface area contributed by atoms with Crippen LogP contribution in [0.25, 0.3) is 0 Å². The van der Waals surface area contributed by atoms with Gasteiger partial charge >= 0.3 is 0 Å². The third-order valence-electron chi connectivity index (χ3n) is 3.83. The van der Waals surface area contributed by atoms with Crippen molar-refractivity contribution in [2.75, 3.05) is 23.4 Å². The van der Waals surface area contributed by atoms with Crippen molar-refractivity contribution in [2.45, 2.75) is 19.5 Å². The Labute approximate surface area is 124 Å². The molecule has 1 atom stereocenters. The van der Waals surface area contributed by atoms with Crippen LogP contribution in [-0.2, 0) is 6.54 Å². The lowest BCUT2D eigenvalue weighted by Gasteiger charge is -2.28. The third-order valence-corrected chi connectivity index (χ3v) is 3.83. The van der Waals surface area contributed by atoms with Gasteiger partial charge in [0.05, 0.1) is 0 Å². The van der Waals surface area contributed by atoms with E-state index in [4.69, 9.17) is 5.26 Å². The van der Waals surface area contributed by atoms with Gasteiger partial charge in [0.1, 0.15) is 11.8 Å². The molecule has 21 heavy (non-hydrogen) atoms. The molecule has 3 rings (SSSR count). The molecule has 1 aliphatic heterocycles. The summed E-state index contributed by atoms with van der Waals surface area (Å²) in [6.07, 6.45) is 1.65. The van der Waals surface area contributed by atoms with Crippen LogP contribution in [0.4, 0.5) is 11.6 Å². The van der Waals surface area contributed by atoms with Crippen LogP contribution in [0.1, 0.15) is 18.2 Å². The van der Waals surface area contributed by atoms with Crippen molar-refractivity contribution in [3.63, 3.8) is 0 Å². The molecule has 1 unspecified atom stereocenters. The fraction of sp³-hybridized carbons (Fsp3) is 0.312. The minimum atomic E-state index is 0.261. The Balaban J connectivity index is 2.01. The predicted molar refractivity (Wildman–Crippen MR) is 82.1 cm³/mol. The van der Waals surface area contributed by atoms with Crippen LogP contribution in [0.3, 0.4) is 0 Å². The quantitative estimate of drug-likeness (QED) is 0.801. The lowest BCUT2D eigenvalue weighted by molar-refractivity contribution is 0.627. The predicted octanol–water partition coefficient (Wildman–Crippen LogP) is 2.19. The van der Waals surface area contributed by atoms with E-state index in [2.05, 4.69) is 58.0 Å². The summed E-state index contributed by atoms with van der Waals surface area (Å²) in [7, 11) is 2.10. The molecular weight excluding hydrogens is 262 g/mol. The molecule has 1 aromatic carbocycles. The maximum atomic E-state index is 9.01. The van der Waals surface area contributed by atoms with E-state index in [9.17, 15) is 0 Å². The second-order valence-electron chi connectivity index (χ2n) is 5.34. The molecule has 5 heteroatoms. The van der Waals surface area contributed by atoms with E-state index in [0.717, 1.165) is 13.1 Å². The van der Waals surface area contributed by atoms with Crippen molar-refractivity contribution in [2.24, 2.45) is 0 Å². The van der Waals surface area contributed by atoms with E-state index in [1.165, 1.54) is 11.3 Å². The molecule has 0 N–H and O–H groups in total. The Morgan fingerprint density at radius 2 is 2.10 bits per heavy atom. The Bertz CT molecular complexity index is 691. The van der Waals surface area contributed by atoms with E-state index in [0.29, 0.717) is 11.6 Å². The summed E-state index contributed by atoms with van der Waals surface area (Å²) in [4.78, 5) is 13.1. The van der Waals surface area contributed by atoms with Crippen molar-refractivity contribution < 1.29 is 0 Å². The lowest BCUT2D eigenvalue weighted by Crippen LogP contribution is -2.39. The largest absolute Gasteiger partial charge is 0.372 e. The number of rotatable bonds is 1. The van der Waals surface area contributed by atoms with Gasteiger partial charge in [0.15, 0.2) is 0 Å². The van der Waals surface area contributed by atoms with Gasteiger partial charge in [-0.25, -0.2) is 9.97 Å². The highest BCUT2D eigenvalue weighted by atomic mass is 15.3. The maximum absolute atomic E-state index is 9.01. The number of para-hydroxylation sites is 1. The van der Waals surface area contributed by atoms with Crippen LogP contribution in [0, 0.1) is 11.3 Å². The molecule has 0 saturated heterocycles. The molecule has 1 aliphatic rings. The molecule has 1 aromatic heterocycles. The van der Waals surface area contributed by atoms with Crippen molar-refractivity contribution in [1.82, 2.24) is 9.97 Å². The first-order valence-corrected chi connectivity index (χ1v) is 6.98. The number of fused-ring (bicyclic) bond motifs is 1. The minimum Gasteiger partial charge on any atom is -0.372 e. The van der Waals surface area contributed by atoms with Crippen LogP contribution in [0.15, 0.2) is 36.5 Å². The molecule has 0 spiro atoms. The summed E-state index contributed by atoms with van der Waals surface area (Å²) in [6, 6.07) is 12.3. The first-order chi connectivity index (χ1) is 10.2. The standard InChI is InChI=1S/C16H17N5/c1-12-10-20(2)15-6-4-3-5-13(15)11-21(12)16-18-8-7-14(9-17)19-16/h3-8,12H,10-11H2,1-2H3. The molecule has 0 radical (unpaired) electrons. The number of nitriles is 1. The minimum absolute atomic E-state index is 0.261. The number of anilines is 2. The smallest absolute Gasteiger partial charge is 0.227 e. The molecule has 0 amide bonds. The summed E-state index contributed by atoms with van der Waals surface area (Å²) < 4.78 is 0. The summed E-state index contributed by atoms with van der Waals surface area (Å²) in [5.74, 6) is 0.617. The van der Waals surface area contributed by atoms with Crippen molar-refractivity contribution >= 4 is 11.6 Å². The Hall–Kier alpha value is -2.61.